The highest BCUT2D eigenvalue weighted by molar-refractivity contribution is 7.08. The largest absolute Gasteiger partial charge is 0.342 e. The summed E-state index contributed by atoms with van der Waals surface area (Å²) in [5.74, 6) is -0.0624. The lowest BCUT2D eigenvalue weighted by Gasteiger charge is -2.42. The number of amides is 2. The first-order valence-electron chi connectivity index (χ1n) is 6.84. The van der Waals surface area contributed by atoms with E-state index in [-0.39, 0.29) is 17.2 Å². The first-order valence-corrected chi connectivity index (χ1v) is 7.78. The fourth-order valence-electron chi connectivity index (χ4n) is 2.36. The van der Waals surface area contributed by atoms with Crippen molar-refractivity contribution < 1.29 is 9.59 Å². The van der Waals surface area contributed by atoms with Gasteiger partial charge in [0.25, 0.3) is 0 Å². The predicted octanol–water partition coefficient (Wildman–Crippen LogP) is 2.32. The zero-order valence-corrected chi connectivity index (χ0v) is 13.5. The summed E-state index contributed by atoms with van der Waals surface area (Å²) in [4.78, 5) is 26.5. The number of hydrogen-bond acceptors (Lipinski definition) is 3. The third kappa shape index (κ3) is 2.73. The summed E-state index contributed by atoms with van der Waals surface area (Å²) in [5, 5.41) is 6.97. The molecule has 1 aromatic heterocycles. The molecule has 0 spiro atoms. The number of rotatable bonds is 2. The summed E-state index contributed by atoms with van der Waals surface area (Å²) in [7, 11) is 0. The summed E-state index contributed by atoms with van der Waals surface area (Å²) in [6.45, 7) is 10.2. The predicted molar refractivity (Wildman–Crippen MR) is 80.5 cm³/mol. The molecule has 1 aliphatic rings. The molecule has 0 bridgehead atoms. The fourth-order valence-corrected chi connectivity index (χ4v) is 3.21. The van der Waals surface area contributed by atoms with Crippen LogP contribution in [0.1, 0.15) is 38.8 Å². The molecule has 2 atom stereocenters. The molecule has 20 heavy (non-hydrogen) atoms. The van der Waals surface area contributed by atoms with E-state index >= 15 is 0 Å². The van der Waals surface area contributed by atoms with Gasteiger partial charge in [-0.25, -0.2) is 0 Å². The van der Waals surface area contributed by atoms with Gasteiger partial charge in [0.15, 0.2) is 0 Å². The van der Waals surface area contributed by atoms with E-state index in [0.717, 1.165) is 5.56 Å². The summed E-state index contributed by atoms with van der Waals surface area (Å²) >= 11 is 1.63. The van der Waals surface area contributed by atoms with Crippen molar-refractivity contribution in [2.24, 2.45) is 5.41 Å². The van der Waals surface area contributed by atoms with Gasteiger partial charge < -0.3 is 10.2 Å². The van der Waals surface area contributed by atoms with Crippen LogP contribution in [0, 0.1) is 12.3 Å². The Labute approximate surface area is 124 Å². The van der Waals surface area contributed by atoms with E-state index in [1.54, 1.807) is 23.2 Å². The Morgan fingerprint density at radius 1 is 1.30 bits per heavy atom. The van der Waals surface area contributed by atoms with Crippen LogP contribution < -0.4 is 5.32 Å². The monoisotopic (exact) mass is 294 g/mol. The van der Waals surface area contributed by atoms with E-state index in [1.165, 1.54) is 5.56 Å². The summed E-state index contributed by atoms with van der Waals surface area (Å²) in [6, 6.07) is -0.870. The van der Waals surface area contributed by atoms with Gasteiger partial charge in [-0.05, 0) is 41.1 Å². The van der Waals surface area contributed by atoms with Crippen molar-refractivity contribution in [1.82, 2.24) is 10.2 Å². The van der Waals surface area contributed by atoms with Crippen molar-refractivity contribution in [1.29, 1.82) is 0 Å². The second-order valence-electron chi connectivity index (χ2n) is 6.53. The third-order valence-corrected chi connectivity index (χ3v) is 4.74. The van der Waals surface area contributed by atoms with Crippen LogP contribution in [0.5, 0.6) is 0 Å². The SMILES string of the molecule is Cc1cscc1CN1C(=O)C(C(C)(C)C)NC(=O)C1C. The Kier molecular flexibility index (Phi) is 3.91. The quantitative estimate of drug-likeness (QED) is 0.910. The normalized spacial score (nSPS) is 23.9. The molecule has 0 aliphatic carbocycles. The van der Waals surface area contributed by atoms with Crippen molar-refractivity contribution in [3.63, 3.8) is 0 Å². The Morgan fingerprint density at radius 3 is 2.45 bits per heavy atom. The van der Waals surface area contributed by atoms with Crippen molar-refractivity contribution in [3.8, 4) is 0 Å². The second-order valence-corrected chi connectivity index (χ2v) is 7.27. The van der Waals surface area contributed by atoms with Crippen molar-refractivity contribution >= 4 is 23.2 Å². The maximum atomic E-state index is 12.7. The van der Waals surface area contributed by atoms with Crippen LogP contribution in [0.3, 0.4) is 0 Å². The van der Waals surface area contributed by atoms with Gasteiger partial charge in [0, 0.05) is 6.54 Å². The van der Waals surface area contributed by atoms with Gasteiger partial charge in [0.2, 0.25) is 11.8 Å². The second kappa shape index (κ2) is 5.20. The van der Waals surface area contributed by atoms with E-state index in [0.29, 0.717) is 6.54 Å². The topological polar surface area (TPSA) is 49.4 Å². The van der Waals surface area contributed by atoms with E-state index in [9.17, 15) is 9.59 Å². The molecule has 2 unspecified atom stereocenters. The number of carbonyl (C=O) groups excluding carboxylic acids is 2. The van der Waals surface area contributed by atoms with Gasteiger partial charge in [-0.15, -0.1) is 0 Å². The standard InChI is InChI=1S/C15H22N2O2S/c1-9-7-20-8-11(9)6-17-10(2)13(18)16-12(14(17)19)15(3,4)5/h7-8,10,12H,6H2,1-5H3,(H,16,18). The molecule has 1 aliphatic heterocycles. The van der Waals surface area contributed by atoms with E-state index in [1.807, 2.05) is 33.1 Å². The molecule has 1 saturated heterocycles. The molecule has 2 amide bonds. The molecule has 0 radical (unpaired) electrons. The first-order chi connectivity index (χ1) is 9.21. The van der Waals surface area contributed by atoms with Crippen molar-refractivity contribution in [2.75, 3.05) is 0 Å². The molecule has 2 rings (SSSR count). The highest BCUT2D eigenvalue weighted by atomic mass is 32.1. The lowest BCUT2D eigenvalue weighted by molar-refractivity contribution is -0.152. The van der Waals surface area contributed by atoms with Crippen molar-refractivity contribution in [3.05, 3.63) is 21.9 Å². The molecular weight excluding hydrogens is 272 g/mol. The minimum Gasteiger partial charge on any atom is -0.342 e. The maximum absolute atomic E-state index is 12.7. The number of carbonyl (C=O) groups is 2. The van der Waals surface area contributed by atoms with Gasteiger partial charge in [0.05, 0.1) is 0 Å². The number of piperazine rings is 1. The van der Waals surface area contributed by atoms with Crippen LogP contribution >= 0.6 is 11.3 Å². The molecule has 5 heteroatoms. The average Bonchev–Trinajstić information content (AvgIpc) is 2.73. The molecule has 1 fully saturated rings. The summed E-state index contributed by atoms with van der Waals surface area (Å²) < 4.78 is 0. The Bertz CT molecular complexity index is 530. The molecule has 0 saturated carbocycles. The molecule has 0 aromatic carbocycles. The molecule has 110 valence electrons. The number of aryl methyl sites for hydroxylation is 1. The maximum Gasteiger partial charge on any atom is 0.246 e. The van der Waals surface area contributed by atoms with Crippen LogP contribution in [0.2, 0.25) is 0 Å². The lowest BCUT2D eigenvalue weighted by atomic mass is 9.84. The van der Waals surface area contributed by atoms with E-state index < -0.39 is 12.1 Å². The number of nitrogens with zero attached hydrogens (tertiary/aromatic N) is 1. The molecule has 2 heterocycles. The summed E-state index contributed by atoms with van der Waals surface area (Å²) in [5.41, 5.74) is 2.01. The Balaban J connectivity index is 2.27. The van der Waals surface area contributed by atoms with Crippen LogP contribution in [0.4, 0.5) is 0 Å². The number of nitrogens with one attached hydrogen (secondary N) is 1. The minimum atomic E-state index is -0.454. The smallest absolute Gasteiger partial charge is 0.246 e. The van der Waals surface area contributed by atoms with Gasteiger partial charge in [-0.3, -0.25) is 9.59 Å². The average molecular weight is 294 g/mol. The zero-order valence-electron chi connectivity index (χ0n) is 12.7. The van der Waals surface area contributed by atoms with Crippen LogP contribution in [-0.4, -0.2) is 28.8 Å². The number of thiophene rings is 1. The van der Waals surface area contributed by atoms with Gasteiger partial charge >= 0.3 is 0 Å². The molecule has 1 N–H and O–H groups in total. The van der Waals surface area contributed by atoms with Crippen LogP contribution in [-0.2, 0) is 16.1 Å². The van der Waals surface area contributed by atoms with Crippen molar-refractivity contribution in [2.45, 2.75) is 53.2 Å². The van der Waals surface area contributed by atoms with E-state index in [2.05, 4.69) is 10.7 Å². The fraction of sp³-hybridized carbons (Fsp3) is 0.600. The number of hydrogen-bond donors (Lipinski definition) is 1. The van der Waals surface area contributed by atoms with Crippen LogP contribution in [0.25, 0.3) is 0 Å². The van der Waals surface area contributed by atoms with E-state index in [4.69, 9.17) is 0 Å². The highest BCUT2D eigenvalue weighted by Crippen LogP contribution is 2.27. The molecular formula is C15H22N2O2S. The van der Waals surface area contributed by atoms with Gasteiger partial charge in [-0.2, -0.15) is 11.3 Å². The first kappa shape index (κ1) is 15.0. The Morgan fingerprint density at radius 2 is 1.95 bits per heavy atom. The minimum absolute atomic E-state index is 0.00944. The van der Waals surface area contributed by atoms with Crippen LogP contribution in [0.15, 0.2) is 10.8 Å². The third-order valence-electron chi connectivity index (χ3n) is 3.83. The van der Waals surface area contributed by atoms with Gasteiger partial charge in [0.1, 0.15) is 12.1 Å². The Hall–Kier alpha value is -1.36. The zero-order chi connectivity index (χ0) is 15.1. The van der Waals surface area contributed by atoms with Gasteiger partial charge in [-0.1, -0.05) is 20.8 Å². The lowest BCUT2D eigenvalue weighted by Crippen LogP contribution is -2.65. The molecule has 1 aromatic rings. The highest BCUT2D eigenvalue weighted by Gasteiger charge is 2.43. The summed E-state index contributed by atoms with van der Waals surface area (Å²) in [6.07, 6.45) is 0. The molecule has 4 nitrogen and oxygen atoms in total.